The SMILES string of the molecule is NCCCNC1CCNC1. The number of hydrogen-bond donors (Lipinski definition) is 3. The molecule has 1 atom stereocenters. The summed E-state index contributed by atoms with van der Waals surface area (Å²) >= 11 is 0. The third-order valence-corrected chi connectivity index (χ3v) is 1.87. The number of nitrogens with two attached hydrogens (primary N) is 1. The largest absolute Gasteiger partial charge is 0.330 e. The van der Waals surface area contributed by atoms with Gasteiger partial charge in [-0.2, -0.15) is 0 Å². The van der Waals surface area contributed by atoms with E-state index in [9.17, 15) is 0 Å². The zero-order valence-corrected chi connectivity index (χ0v) is 6.40. The van der Waals surface area contributed by atoms with Gasteiger partial charge in [-0.1, -0.05) is 0 Å². The van der Waals surface area contributed by atoms with Crippen LogP contribution in [-0.2, 0) is 0 Å². The number of rotatable bonds is 4. The van der Waals surface area contributed by atoms with Crippen molar-refractivity contribution in [1.82, 2.24) is 10.6 Å². The summed E-state index contributed by atoms with van der Waals surface area (Å²) in [5.41, 5.74) is 5.36. The molecule has 1 heterocycles. The van der Waals surface area contributed by atoms with Gasteiger partial charge >= 0.3 is 0 Å². The molecule has 0 aromatic carbocycles. The van der Waals surface area contributed by atoms with Crippen molar-refractivity contribution in [3.8, 4) is 0 Å². The Labute approximate surface area is 62.4 Å². The molecule has 0 aliphatic carbocycles. The Morgan fingerprint density at radius 1 is 1.60 bits per heavy atom. The summed E-state index contributed by atoms with van der Waals surface area (Å²) in [5, 5.41) is 6.75. The van der Waals surface area contributed by atoms with Crippen LogP contribution < -0.4 is 16.4 Å². The molecule has 0 aromatic rings. The lowest BCUT2D eigenvalue weighted by atomic mass is 10.2. The predicted octanol–water partition coefficient (Wildman–Crippen LogP) is -0.713. The molecular formula is C7H17N3. The second kappa shape index (κ2) is 4.66. The fourth-order valence-electron chi connectivity index (χ4n) is 1.24. The third-order valence-electron chi connectivity index (χ3n) is 1.87. The fourth-order valence-corrected chi connectivity index (χ4v) is 1.24. The molecule has 0 amide bonds. The molecule has 3 nitrogen and oxygen atoms in total. The first kappa shape index (κ1) is 7.98. The molecular weight excluding hydrogens is 126 g/mol. The normalized spacial score (nSPS) is 25.5. The van der Waals surface area contributed by atoms with Crippen molar-refractivity contribution in [2.24, 2.45) is 5.73 Å². The Kier molecular flexibility index (Phi) is 3.72. The molecule has 4 N–H and O–H groups in total. The molecule has 10 heavy (non-hydrogen) atoms. The van der Waals surface area contributed by atoms with Gasteiger partial charge in [0.25, 0.3) is 0 Å². The summed E-state index contributed by atoms with van der Waals surface area (Å²) in [6.45, 7) is 4.17. The lowest BCUT2D eigenvalue weighted by Gasteiger charge is -2.09. The maximum Gasteiger partial charge on any atom is 0.0204 e. The molecule has 0 aromatic heterocycles. The van der Waals surface area contributed by atoms with Gasteiger partial charge in [0.15, 0.2) is 0 Å². The zero-order valence-electron chi connectivity index (χ0n) is 6.40. The quantitative estimate of drug-likeness (QED) is 0.456. The van der Waals surface area contributed by atoms with Gasteiger partial charge in [-0.15, -0.1) is 0 Å². The molecule has 0 bridgehead atoms. The van der Waals surface area contributed by atoms with E-state index in [1.165, 1.54) is 13.0 Å². The van der Waals surface area contributed by atoms with E-state index in [0.717, 1.165) is 26.1 Å². The van der Waals surface area contributed by atoms with Crippen LogP contribution in [0.1, 0.15) is 12.8 Å². The Morgan fingerprint density at radius 2 is 2.50 bits per heavy atom. The summed E-state index contributed by atoms with van der Waals surface area (Å²) in [6.07, 6.45) is 2.36. The van der Waals surface area contributed by atoms with Crippen molar-refractivity contribution in [3.05, 3.63) is 0 Å². The van der Waals surface area contributed by atoms with Gasteiger partial charge in [0, 0.05) is 12.6 Å². The molecule has 1 rings (SSSR count). The van der Waals surface area contributed by atoms with Crippen molar-refractivity contribution in [2.75, 3.05) is 26.2 Å². The third kappa shape index (κ3) is 2.64. The van der Waals surface area contributed by atoms with Crippen molar-refractivity contribution in [1.29, 1.82) is 0 Å². The minimum Gasteiger partial charge on any atom is -0.330 e. The Bertz CT molecular complexity index is 78.9. The average Bonchev–Trinajstić information content (AvgIpc) is 2.41. The van der Waals surface area contributed by atoms with E-state index >= 15 is 0 Å². The summed E-state index contributed by atoms with van der Waals surface area (Å²) in [5.74, 6) is 0. The van der Waals surface area contributed by atoms with Gasteiger partial charge in [0.1, 0.15) is 0 Å². The molecule has 0 saturated carbocycles. The van der Waals surface area contributed by atoms with Crippen LogP contribution in [0.4, 0.5) is 0 Å². The van der Waals surface area contributed by atoms with Crippen LogP contribution in [0.3, 0.4) is 0 Å². The van der Waals surface area contributed by atoms with Crippen LogP contribution in [0.25, 0.3) is 0 Å². The lowest BCUT2D eigenvalue weighted by Crippen LogP contribution is -2.32. The molecule has 0 radical (unpaired) electrons. The van der Waals surface area contributed by atoms with Crippen LogP contribution in [-0.4, -0.2) is 32.2 Å². The molecule has 0 spiro atoms. The highest BCUT2D eigenvalue weighted by molar-refractivity contribution is 4.76. The highest BCUT2D eigenvalue weighted by atomic mass is 15.0. The van der Waals surface area contributed by atoms with E-state index < -0.39 is 0 Å². The molecule has 1 aliphatic rings. The summed E-state index contributed by atoms with van der Waals surface area (Å²) in [7, 11) is 0. The Hall–Kier alpha value is -0.120. The second-order valence-corrected chi connectivity index (χ2v) is 2.79. The van der Waals surface area contributed by atoms with E-state index in [2.05, 4.69) is 10.6 Å². The minimum atomic E-state index is 0.701. The van der Waals surface area contributed by atoms with Crippen molar-refractivity contribution in [3.63, 3.8) is 0 Å². The topological polar surface area (TPSA) is 50.1 Å². The maximum absolute atomic E-state index is 5.36. The van der Waals surface area contributed by atoms with Gasteiger partial charge < -0.3 is 16.4 Å². The van der Waals surface area contributed by atoms with Gasteiger partial charge in [-0.25, -0.2) is 0 Å². The van der Waals surface area contributed by atoms with Crippen molar-refractivity contribution < 1.29 is 0 Å². The van der Waals surface area contributed by atoms with Crippen molar-refractivity contribution in [2.45, 2.75) is 18.9 Å². The number of nitrogens with one attached hydrogen (secondary N) is 2. The molecule has 3 heteroatoms. The number of hydrogen-bond acceptors (Lipinski definition) is 3. The lowest BCUT2D eigenvalue weighted by molar-refractivity contribution is 0.538. The van der Waals surface area contributed by atoms with Crippen LogP contribution in [0.2, 0.25) is 0 Å². The van der Waals surface area contributed by atoms with E-state index in [-0.39, 0.29) is 0 Å². The van der Waals surface area contributed by atoms with Gasteiger partial charge in [0.05, 0.1) is 0 Å². The van der Waals surface area contributed by atoms with Crippen LogP contribution in [0, 0.1) is 0 Å². The first-order valence-corrected chi connectivity index (χ1v) is 4.07. The van der Waals surface area contributed by atoms with Crippen LogP contribution in [0.15, 0.2) is 0 Å². The molecule has 1 unspecified atom stereocenters. The highest BCUT2D eigenvalue weighted by Gasteiger charge is 2.11. The zero-order chi connectivity index (χ0) is 7.23. The highest BCUT2D eigenvalue weighted by Crippen LogP contribution is 1.95. The van der Waals surface area contributed by atoms with E-state index in [1.807, 2.05) is 0 Å². The van der Waals surface area contributed by atoms with Crippen LogP contribution >= 0.6 is 0 Å². The first-order valence-electron chi connectivity index (χ1n) is 4.07. The molecule has 1 aliphatic heterocycles. The Morgan fingerprint density at radius 3 is 3.10 bits per heavy atom. The van der Waals surface area contributed by atoms with E-state index in [1.54, 1.807) is 0 Å². The maximum atomic E-state index is 5.36. The first-order chi connectivity index (χ1) is 4.93. The van der Waals surface area contributed by atoms with Gasteiger partial charge in [0.2, 0.25) is 0 Å². The molecule has 60 valence electrons. The summed E-state index contributed by atoms with van der Waals surface area (Å²) < 4.78 is 0. The van der Waals surface area contributed by atoms with E-state index in [0.29, 0.717) is 6.04 Å². The minimum absolute atomic E-state index is 0.701. The molecule has 1 saturated heterocycles. The standard InChI is InChI=1S/C7H17N3/c8-3-1-4-10-7-2-5-9-6-7/h7,9-10H,1-6,8H2. The van der Waals surface area contributed by atoms with Crippen LogP contribution in [0.5, 0.6) is 0 Å². The average molecular weight is 143 g/mol. The molecule has 1 fully saturated rings. The summed E-state index contributed by atoms with van der Waals surface area (Å²) in [4.78, 5) is 0. The summed E-state index contributed by atoms with van der Waals surface area (Å²) in [6, 6.07) is 0.701. The van der Waals surface area contributed by atoms with Gasteiger partial charge in [-0.3, -0.25) is 0 Å². The fraction of sp³-hybridized carbons (Fsp3) is 1.00. The van der Waals surface area contributed by atoms with Gasteiger partial charge in [-0.05, 0) is 32.5 Å². The smallest absolute Gasteiger partial charge is 0.0204 e. The van der Waals surface area contributed by atoms with E-state index in [4.69, 9.17) is 5.73 Å². The Balaban J connectivity index is 1.91. The monoisotopic (exact) mass is 143 g/mol. The predicted molar refractivity (Wildman–Crippen MR) is 42.9 cm³/mol. The van der Waals surface area contributed by atoms with Crippen molar-refractivity contribution >= 4 is 0 Å². The second-order valence-electron chi connectivity index (χ2n) is 2.79.